The van der Waals surface area contributed by atoms with Crippen LogP contribution in [0.15, 0.2) is 34.1 Å². The van der Waals surface area contributed by atoms with Gasteiger partial charge in [0.05, 0.1) is 16.9 Å². The number of benzene rings is 1. The number of hydrogen-bond donors (Lipinski definition) is 2. The van der Waals surface area contributed by atoms with Crippen molar-refractivity contribution >= 4 is 49.7 Å². The Balaban J connectivity index is 1.79. The van der Waals surface area contributed by atoms with Crippen LogP contribution in [0.4, 0.5) is 4.79 Å². The van der Waals surface area contributed by atoms with E-state index in [0.717, 1.165) is 24.3 Å². The molecule has 1 aromatic carbocycles. The van der Waals surface area contributed by atoms with Crippen molar-refractivity contribution in [1.82, 2.24) is 14.3 Å². The first-order valence-corrected chi connectivity index (χ1v) is 13.0. The van der Waals surface area contributed by atoms with Gasteiger partial charge in [0.25, 0.3) is 5.56 Å². The van der Waals surface area contributed by atoms with Crippen LogP contribution in [0, 0.1) is 0 Å². The molecule has 9 nitrogen and oxygen atoms in total. The predicted octanol–water partition coefficient (Wildman–Crippen LogP) is 3.45. The van der Waals surface area contributed by atoms with Crippen LogP contribution < -0.4 is 10.3 Å². The van der Waals surface area contributed by atoms with Crippen molar-refractivity contribution in [2.24, 2.45) is 0 Å². The Morgan fingerprint density at radius 3 is 2.75 bits per heavy atom. The molecule has 0 amide bonds. The van der Waals surface area contributed by atoms with E-state index in [1.165, 1.54) is 22.6 Å². The van der Waals surface area contributed by atoms with Crippen LogP contribution in [-0.4, -0.2) is 60.0 Å². The average molecular weight is 480 g/mol. The van der Waals surface area contributed by atoms with Crippen LogP contribution in [0.1, 0.15) is 26.2 Å². The lowest BCUT2D eigenvalue weighted by atomic mass is 10.1. The van der Waals surface area contributed by atoms with E-state index in [4.69, 9.17) is 9.47 Å². The van der Waals surface area contributed by atoms with Crippen LogP contribution >= 0.6 is 11.8 Å². The first-order valence-electron chi connectivity index (χ1n) is 10.4. The largest absolute Gasteiger partial charge is 0.513 e. The van der Waals surface area contributed by atoms with Crippen molar-refractivity contribution in [1.29, 1.82) is 0 Å². The molecule has 3 heterocycles. The second-order valence-corrected chi connectivity index (χ2v) is 10.9. The van der Waals surface area contributed by atoms with Crippen molar-refractivity contribution in [2.45, 2.75) is 37.1 Å². The Bertz CT molecular complexity index is 1310. The van der Waals surface area contributed by atoms with E-state index in [9.17, 15) is 18.0 Å². The van der Waals surface area contributed by atoms with E-state index < -0.39 is 21.7 Å². The molecule has 0 unspecified atom stereocenters. The van der Waals surface area contributed by atoms with E-state index in [1.54, 1.807) is 13.1 Å². The summed E-state index contributed by atoms with van der Waals surface area (Å²) in [7, 11) is -2.14. The topological polar surface area (TPSA) is 122 Å². The van der Waals surface area contributed by atoms with Gasteiger partial charge in [0.2, 0.25) is 10.0 Å². The fourth-order valence-electron chi connectivity index (χ4n) is 3.83. The molecule has 0 spiro atoms. The minimum Gasteiger partial charge on any atom is -0.434 e. The van der Waals surface area contributed by atoms with Crippen LogP contribution in [-0.2, 0) is 14.8 Å². The van der Waals surface area contributed by atoms with Gasteiger partial charge < -0.3 is 19.4 Å². The van der Waals surface area contributed by atoms with Gasteiger partial charge in [-0.25, -0.2) is 13.2 Å². The molecule has 0 aliphatic carbocycles. The summed E-state index contributed by atoms with van der Waals surface area (Å²) in [4.78, 5) is 30.1. The van der Waals surface area contributed by atoms with Gasteiger partial charge in [-0.15, -0.1) is 0 Å². The standard InChI is InChI=1S/C21H25N3O6S2/c1-3-8-29-21(26)30-17-12-22-19-18(17)15-11-14(4-5-16(15)23-20(19)25)32(27,28)24(2)13-6-9-31-10-7-13/h4-5,11-13,22H,3,6-10H2,1-2H3,(H,23,25). The molecular formula is C21H25N3O6S2. The number of nitrogens with zero attached hydrogens (tertiary/aromatic N) is 1. The third-order valence-corrected chi connectivity index (χ3v) is 8.53. The molecule has 2 aromatic heterocycles. The van der Waals surface area contributed by atoms with Gasteiger partial charge >= 0.3 is 6.16 Å². The SMILES string of the molecule is CCCOC(=O)Oc1c[nH]c2c(=O)[nH]c3ccc(S(=O)(=O)N(C)C4CCSCC4)cc3c12. The quantitative estimate of drug-likeness (QED) is 0.519. The number of hydrogen-bond acceptors (Lipinski definition) is 7. The van der Waals surface area contributed by atoms with Crippen molar-refractivity contribution in [2.75, 3.05) is 25.2 Å². The number of aromatic amines is 2. The van der Waals surface area contributed by atoms with E-state index in [2.05, 4.69) is 9.97 Å². The number of carbonyl (C=O) groups is 1. The lowest BCUT2D eigenvalue weighted by molar-refractivity contribution is 0.0997. The highest BCUT2D eigenvalue weighted by Crippen LogP contribution is 2.33. The first kappa shape index (κ1) is 22.7. The Hall–Kier alpha value is -2.50. The van der Waals surface area contributed by atoms with Crippen molar-refractivity contribution in [3.63, 3.8) is 0 Å². The summed E-state index contributed by atoms with van der Waals surface area (Å²) < 4.78 is 38.4. The maximum atomic E-state index is 13.3. The van der Waals surface area contributed by atoms with Crippen molar-refractivity contribution in [3.8, 4) is 5.75 Å². The summed E-state index contributed by atoms with van der Waals surface area (Å²) in [6, 6.07) is 4.50. The fraction of sp³-hybridized carbons (Fsp3) is 0.429. The molecule has 0 atom stereocenters. The third kappa shape index (κ3) is 4.24. The van der Waals surface area contributed by atoms with Gasteiger partial charge in [-0.3, -0.25) is 4.79 Å². The second kappa shape index (κ2) is 9.16. The molecule has 11 heteroatoms. The number of nitrogens with one attached hydrogen (secondary N) is 2. The Kier molecular flexibility index (Phi) is 6.50. The maximum Gasteiger partial charge on any atom is 0.513 e. The number of ether oxygens (including phenoxy) is 2. The monoisotopic (exact) mass is 479 g/mol. The second-order valence-electron chi connectivity index (χ2n) is 7.63. The molecule has 1 aliphatic rings. The van der Waals surface area contributed by atoms with Crippen molar-refractivity contribution in [3.05, 3.63) is 34.7 Å². The van der Waals surface area contributed by atoms with E-state index in [0.29, 0.717) is 22.7 Å². The molecule has 1 fully saturated rings. The summed E-state index contributed by atoms with van der Waals surface area (Å²) in [5, 5.41) is 0.777. The third-order valence-electron chi connectivity index (χ3n) is 5.58. The summed E-state index contributed by atoms with van der Waals surface area (Å²) >= 11 is 1.83. The van der Waals surface area contributed by atoms with Crippen LogP contribution in [0.25, 0.3) is 21.8 Å². The molecule has 1 aliphatic heterocycles. The van der Waals surface area contributed by atoms with Crippen LogP contribution in [0.3, 0.4) is 0 Å². The van der Waals surface area contributed by atoms with E-state index >= 15 is 0 Å². The number of H-pyrrole nitrogens is 2. The Morgan fingerprint density at radius 1 is 1.28 bits per heavy atom. The first-order chi connectivity index (χ1) is 15.3. The number of carbonyl (C=O) groups excluding carboxylic acids is 1. The number of aromatic nitrogens is 2. The van der Waals surface area contributed by atoms with Gasteiger partial charge in [0.15, 0.2) is 5.75 Å². The smallest absolute Gasteiger partial charge is 0.434 e. The average Bonchev–Trinajstić information content (AvgIpc) is 3.22. The number of fused-ring (bicyclic) bond motifs is 3. The molecule has 172 valence electrons. The zero-order chi connectivity index (χ0) is 22.9. The zero-order valence-corrected chi connectivity index (χ0v) is 19.5. The lowest BCUT2D eigenvalue weighted by Gasteiger charge is -2.30. The van der Waals surface area contributed by atoms with Gasteiger partial charge in [-0.2, -0.15) is 16.1 Å². The summed E-state index contributed by atoms with van der Waals surface area (Å²) in [6.45, 7) is 2.06. The van der Waals surface area contributed by atoms with Crippen molar-refractivity contribution < 1.29 is 22.7 Å². The number of pyridine rings is 1. The number of rotatable bonds is 6. The molecule has 0 saturated carbocycles. The highest BCUT2D eigenvalue weighted by molar-refractivity contribution is 7.99. The zero-order valence-electron chi connectivity index (χ0n) is 17.8. The Labute approximate surface area is 189 Å². The highest BCUT2D eigenvalue weighted by Gasteiger charge is 2.30. The normalized spacial score (nSPS) is 15.5. The number of sulfonamides is 1. The van der Waals surface area contributed by atoms with Gasteiger partial charge in [0, 0.05) is 30.2 Å². The highest BCUT2D eigenvalue weighted by atomic mass is 32.2. The number of thioether (sulfide) groups is 1. The summed E-state index contributed by atoms with van der Waals surface area (Å²) in [5.74, 6) is 1.97. The summed E-state index contributed by atoms with van der Waals surface area (Å²) in [6.07, 6.45) is 2.75. The molecule has 1 saturated heterocycles. The minimum atomic E-state index is -3.75. The van der Waals surface area contributed by atoms with Gasteiger partial charge in [0.1, 0.15) is 5.52 Å². The lowest BCUT2D eigenvalue weighted by Crippen LogP contribution is -2.39. The molecule has 3 aromatic rings. The van der Waals surface area contributed by atoms with Crippen LogP contribution in [0.5, 0.6) is 5.75 Å². The Morgan fingerprint density at radius 2 is 2.03 bits per heavy atom. The molecular weight excluding hydrogens is 454 g/mol. The molecule has 0 bridgehead atoms. The maximum absolute atomic E-state index is 13.3. The van der Waals surface area contributed by atoms with E-state index in [1.807, 2.05) is 18.7 Å². The van der Waals surface area contributed by atoms with E-state index in [-0.39, 0.29) is 28.8 Å². The van der Waals surface area contributed by atoms with Gasteiger partial charge in [-0.1, -0.05) is 6.92 Å². The fourth-order valence-corrected chi connectivity index (χ4v) is 6.36. The molecule has 4 rings (SSSR count). The molecule has 0 radical (unpaired) electrons. The molecule has 32 heavy (non-hydrogen) atoms. The molecule has 2 N–H and O–H groups in total. The summed E-state index contributed by atoms with van der Waals surface area (Å²) in [5.41, 5.74) is 0.212. The minimum absolute atomic E-state index is 0.0490. The van der Waals surface area contributed by atoms with Crippen LogP contribution in [0.2, 0.25) is 0 Å². The predicted molar refractivity (Wildman–Crippen MR) is 124 cm³/mol. The van der Waals surface area contributed by atoms with Gasteiger partial charge in [-0.05, 0) is 49.0 Å².